The second-order valence-corrected chi connectivity index (χ2v) is 6.51. The number of sulfone groups is 1. The van der Waals surface area contributed by atoms with Crippen LogP contribution in [0.25, 0.3) is 0 Å². The Kier molecular flexibility index (Phi) is 6.03. The summed E-state index contributed by atoms with van der Waals surface area (Å²) in [5.74, 6) is 0. The average Bonchev–Trinajstić information content (AvgIpc) is 2.23. The summed E-state index contributed by atoms with van der Waals surface area (Å²) in [6.07, 6.45) is 0.766. The molecule has 0 saturated heterocycles. The van der Waals surface area contributed by atoms with Gasteiger partial charge in [-0.05, 0) is 12.8 Å². The SMILES string of the molecule is CCCCC(O)(O)S(=O)(=O)C(O)(O)CCCC. The van der Waals surface area contributed by atoms with Crippen LogP contribution in [0.1, 0.15) is 52.4 Å². The van der Waals surface area contributed by atoms with Gasteiger partial charge in [-0.2, -0.15) is 0 Å². The van der Waals surface area contributed by atoms with E-state index in [0.717, 1.165) is 0 Å². The fraction of sp³-hybridized carbons (Fsp3) is 1.00. The third-order valence-electron chi connectivity index (χ3n) is 2.57. The molecule has 0 radical (unpaired) electrons. The van der Waals surface area contributed by atoms with Gasteiger partial charge in [-0.15, -0.1) is 0 Å². The average molecular weight is 270 g/mol. The van der Waals surface area contributed by atoms with Gasteiger partial charge < -0.3 is 20.4 Å². The van der Waals surface area contributed by atoms with Crippen LogP contribution >= 0.6 is 0 Å². The minimum Gasteiger partial charge on any atom is -0.353 e. The zero-order chi connectivity index (χ0) is 13.7. The quantitative estimate of drug-likeness (QED) is 0.464. The first kappa shape index (κ1) is 16.8. The summed E-state index contributed by atoms with van der Waals surface area (Å²) in [6.45, 7) is 3.51. The lowest BCUT2D eigenvalue weighted by Crippen LogP contribution is -2.52. The molecule has 4 N–H and O–H groups in total. The fourth-order valence-corrected chi connectivity index (χ4v) is 2.69. The first-order valence-electron chi connectivity index (χ1n) is 5.76. The molecule has 0 aromatic heterocycles. The monoisotopic (exact) mass is 270 g/mol. The van der Waals surface area contributed by atoms with Crippen molar-refractivity contribution in [3.8, 4) is 0 Å². The van der Waals surface area contributed by atoms with Crippen molar-refractivity contribution in [1.29, 1.82) is 0 Å². The highest BCUT2D eigenvalue weighted by Crippen LogP contribution is 2.30. The highest BCUT2D eigenvalue weighted by molar-refractivity contribution is 7.93. The van der Waals surface area contributed by atoms with E-state index < -0.39 is 32.9 Å². The molecule has 7 heteroatoms. The molecule has 0 atom stereocenters. The molecule has 0 aliphatic heterocycles. The minimum absolute atomic E-state index is 0.260. The third-order valence-corrected chi connectivity index (χ3v) is 4.70. The molecule has 0 amide bonds. The summed E-state index contributed by atoms with van der Waals surface area (Å²) in [4.78, 5) is 0. The summed E-state index contributed by atoms with van der Waals surface area (Å²) in [7, 11) is -4.86. The van der Waals surface area contributed by atoms with E-state index in [-0.39, 0.29) is 12.8 Å². The number of hydrogen-bond donors (Lipinski definition) is 4. The van der Waals surface area contributed by atoms with Gasteiger partial charge in [-0.1, -0.05) is 26.7 Å². The standard InChI is InChI=1S/C10H22O6S/c1-3-5-7-9(11,12)17(15,16)10(13,14)8-6-4-2/h11-14H,3-8H2,1-2H3. The fourth-order valence-electron chi connectivity index (χ4n) is 1.34. The van der Waals surface area contributed by atoms with Crippen LogP contribution in [-0.2, 0) is 9.84 Å². The van der Waals surface area contributed by atoms with Crippen molar-refractivity contribution in [1.82, 2.24) is 0 Å². The second-order valence-electron chi connectivity index (χ2n) is 4.20. The van der Waals surface area contributed by atoms with Gasteiger partial charge >= 0.3 is 0 Å². The molecule has 0 saturated carbocycles. The molecule has 0 rings (SSSR count). The molecule has 0 aromatic rings. The van der Waals surface area contributed by atoms with Crippen LogP contribution in [0.3, 0.4) is 0 Å². The van der Waals surface area contributed by atoms with Crippen LogP contribution in [-0.4, -0.2) is 39.1 Å². The molecule has 17 heavy (non-hydrogen) atoms. The molecule has 0 bridgehead atoms. The van der Waals surface area contributed by atoms with E-state index in [1.807, 2.05) is 0 Å². The van der Waals surface area contributed by atoms with Gasteiger partial charge in [0, 0.05) is 12.8 Å². The predicted molar refractivity (Wildman–Crippen MR) is 62.3 cm³/mol. The molecule has 0 aromatic carbocycles. The van der Waals surface area contributed by atoms with E-state index in [1.54, 1.807) is 13.8 Å². The van der Waals surface area contributed by atoms with Gasteiger partial charge in [0.25, 0.3) is 20.1 Å². The highest BCUT2D eigenvalue weighted by atomic mass is 32.2. The number of aliphatic hydroxyl groups is 4. The molecule has 0 heterocycles. The predicted octanol–water partition coefficient (Wildman–Crippen LogP) is 0.0584. The first-order chi connectivity index (χ1) is 7.62. The minimum atomic E-state index is -4.86. The van der Waals surface area contributed by atoms with Gasteiger partial charge in [0.2, 0.25) is 0 Å². The molecule has 6 nitrogen and oxygen atoms in total. The molecule has 0 aliphatic carbocycles. The third kappa shape index (κ3) is 3.89. The summed E-state index contributed by atoms with van der Waals surface area (Å²) in [6, 6.07) is 0. The molecular formula is C10H22O6S. The van der Waals surface area contributed by atoms with Crippen molar-refractivity contribution >= 4 is 9.84 Å². The van der Waals surface area contributed by atoms with Crippen LogP contribution in [0.5, 0.6) is 0 Å². The van der Waals surface area contributed by atoms with Crippen molar-refractivity contribution in [2.24, 2.45) is 0 Å². The molecule has 0 spiro atoms. The normalized spacial score (nSPS) is 14.0. The molecule has 0 fully saturated rings. The van der Waals surface area contributed by atoms with Crippen molar-refractivity contribution in [3.05, 3.63) is 0 Å². The van der Waals surface area contributed by atoms with E-state index >= 15 is 0 Å². The first-order valence-corrected chi connectivity index (χ1v) is 7.24. The maximum atomic E-state index is 11.7. The summed E-state index contributed by atoms with van der Waals surface area (Å²) < 4.78 is 23.4. The van der Waals surface area contributed by atoms with Crippen molar-refractivity contribution < 1.29 is 28.8 Å². The van der Waals surface area contributed by atoms with Crippen LogP contribution in [0.2, 0.25) is 0 Å². The van der Waals surface area contributed by atoms with Gasteiger partial charge in [0.05, 0.1) is 0 Å². The number of unbranched alkanes of at least 4 members (excludes halogenated alkanes) is 2. The zero-order valence-electron chi connectivity index (χ0n) is 10.3. The van der Waals surface area contributed by atoms with Gasteiger partial charge in [-0.3, -0.25) is 0 Å². The Labute approximate surface area is 102 Å². The zero-order valence-corrected chi connectivity index (χ0v) is 11.1. The van der Waals surface area contributed by atoms with Crippen LogP contribution in [0, 0.1) is 0 Å². The van der Waals surface area contributed by atoms with Crippen LogP contribution < -0.4 is 0 Å². The lowest BCUT2D eigenvalue weighted by Gasteiger charge is -2.30. The molecular weight excluding hydrogens is 248 g/mol. The van der Waals surface area contributed by atoms with Crippen molar-refractivity contribution in [3.63, 3.8) is 0 Å². The topological polar surface area (TPSA) is 115 Å². The van der Waals surface area contributed by atoms with Crippen molar-refractivity contribution in [2.75, 3.05) is 0 Å². The Morgan fingerprint density at radius 2 is 1.12 bits per heavy atom. The smallest absolute Gasteiger partial charge is 0.274 e. The lowest BCUT2D eigenvalue weighted by molar-refractivity contribution is -0.131. The Hall–Kier alpha value is -0.210. The van der Waals surface area contributed by atoms with Gasteiger partial charge in [-0.25, -0.2) is 8.42 Å². The maximum absolute atomic E-state index is 11.7. The van der Waals surface area contributed by atoms with E-state index in [2.05, 4.69) is 0 Å². The van der Waals surface area contributed by atoms with E-state index in [0.29, 0.717) is 12.8 Å². The molecule has 0 aliphatic rings. The van der Waals surface area contributed by atoms with Gasteiger partial charge in [0.15, 0.2) is 0 Å². The second kappa shape index (κ2) is 6.10. The largest absolute Gasteiger partial charge is 0.353 e. The highest BCUT2D eigenvalue weighted by Gasteiger charge is 2.53. The summed E-state index contributed by atoms with van der Waals surface area (Å²) >= 11 is 0. The van der Waals surface area contributed by atoms with Crippen molar-refractivity contribution in [2.45, 2.75) is 62.6 Å². The van der Waals surface area contributed by atoms with Crippen LogP contribution in [0.4, 0.5) is 0 Å². The summed E-state index contributed by atoms with van der Waals surface area (Å²) in [5, 5.41) is 31.6. The number of rotatable bonds is 8. The van der Waals surface area contributed by atoms with E-state index in [4.69, 9.17) is 0 Å². The Morgan fingerprint density at radius 3 is 1.35 bits per heavy atom. The summed E-state index contributed by atoms with van der Waals surface area (Å²) in [5.41, 5.74) is 0. The lowest BCUT2D eigenvalue weighted by atomic mass is 10.2. The Balaban J connectivity index is 4.97. The maximum Gasteiger partial charge on any atom is 0.274 e. The van der Waals surface area contributed by atoms with Gasteiger partial charge in [0.1, 0.15) is 0 Å². The molecule has 104 valence electrons. The number of hydrogen-bond acceptors (Lipinski definition) is 6. The molecule has 0 unspecified atom stereocenters. The Bertz CT molecular complexity index is 294. The van der Waals surface area contributed by atoms with Crippen LogP contribution in [0.15, 0.2) is 0 Å². The Morgan fingerprint density at radius 1 is 0.824 bits per heavy atom. The van der Waals surface area contributed by atoms with E-state index in [9.17, 15) is 28.8 Å². The van der Waals surface area contributed by atoms with E-state index in [1.165, 1.54) is 0 Å².